The Labute approximate surface area is 202 Å². The topological polar surface area (TPSA) is 54.3 Å². The van der Waals surface area contributed by atoms with Crippen LogP contribution in [0.1, 0.15) is 66.3 Å². The maximum absolute atomic E-state index is 13.1. The summed E-state index contributed by atoms with van der Waals surface area (Å²) in [6, 6.07) is 9.16. The minimum Gasteiger partial charge on any atom is -0.457 e. The molecule has 1 aromatic carbocycles. The van der Waals surface area contributed by atoms with E-state index in [1.165, 1.54) is 10.4 Å². The molecule has 3 heterocycles. The van der Waals surface area contributed by atoms with Crippen LogP contribution in [-0.2, 0) is 12.8 Å². The summed E-state index contributed by atoms with van der Waals surface area (Å²) in [6.07, 6.45) is 3.88. The maximum Gasteiger partial charge on any atom is 0.256 e. The summed E-state index contributed by atoms with van der Waals surface area (Å²) in [5.74, 6) is 1.86. The number of carbonyl (C=O) groups excluding carboxylic acids is 1. The third-order valence-electron chi connectivity index (χ3n) is 7.19. The summed E-state index contributed by atoms with van der Waals surface area (Å²) in [5, 5.41) is 8.44. The molecule has 3 aromatic rings. The second-order valence-corrected chi connectivity index (χ2v) is 11.2. The number of halogens is 2. The first-order valence-corrected chi connectivity index (χ1v) is 12.6. The van der Waals surface area contributed by atoms with Gasteiger partial charge in [-0.05, 0) is 60.4 Å². The lowest BCUT2D eigenvalue weighted by Gasteiger charge is -2.36. The first-order chi connectivity index (χ1) is 15.3. The van der Waals surface area contributed by atoms with E-state index in [1.807, 2.05) is 24.3 Å². The average molecular weight is 489 g/mol. The lowest BCUT2D eigenvalue weighted by Crippen LogP contribution is -2.38. The van der Waals surface area contributed by atoms with E-state index in [4.69, 9.17) is 27.6 Å². The fourth-order valence-corrected chi connectivity index (χ4v) is 6.49. The number of benzene rings is 1. The van der Waals surface area contributed by atoms with Gasteiger partial charge in [-0.1, -0.05) is 56.5 Å². The van der Waals surface area contributed by atoms with Gasteiger partial charge in [0.1, 0.15) is 16.5 Å². The van der Waals surface area contributed by atoms with Crippen LogP contribution in [0, 0.1) is 11.3 Å². The predicted octanol–water partition coefficient (Wildman–Crippen LogP) is 7.71. The minimum absolute atomic E-state index is 0.0341. The number of amides is 1. The van der Waals surface area contributed by atoms with Gasteiger partial charge in [-0.3, -0.25) is 4.79 Å². The monoisotopic (exact) mass is 488 g/mol. The van der Waals surface area contributed by atoms with Gasteiger partial charge in [0, 0.05) is 10.4 Å². The van der Waals surface area contributed by atoms with E-state index in [-0.39, 0.29) is 5.91 Å². The number of rotatable bonds is 4. The van der Waals surface area contributed by atoms with E-state index in [0.29, 0.717) is 32.9 Å². The second kappa shape index (κ2) is 8.12. The van der Waals surface area contributed by atoms with Crippen molar-refractivity contribution in [3.63, 3.8) is 0 Å². The van der Waals surface area contributed by atoms with Crippen LogP contribution in [0.3, 0.4) is 0 Å². The van der Waals surface area contributed by atoms with E-state index >= 15 is 0 Å². The van der Waals surface area contributed by atoms with Crippen molar-refractivity contribution in [3.8, 4) is 11.3 Å². The molecule has 168 valence electrons. The van der Waals surface area contributed by atoms with Crippen molar-refractivity contribution >= 4 is 45.4 Å². The Morgan fingerprint density at radius 2 is 2.00 bits per heavy atom. The molecule has 2 aliphatic rings. The summed E-state index contributed by atoms with van der Waals surface area (Å²) < 4.78 is 6.07. The highest BCUT2D eigenvalue weighted by atomic mass is 35.5. The molecule has 2 N–H and O–H groups in total. The highest BCUT2D eigenvalue weighted by molar-refractivity contribution is 7.16. The van der Waals surface area contributed by atoms with Gasteiger partial charge < -0.3 is 15.1 Å². The van der Waals surface area contributed by atoms with Crippen LogP contribution in [-0.4, -0.2) is 5.91 Å². The zero-order valence-corrected chi connectivity index (χ0v) is 20.7. The molecule has 2 unspecified atom stereocenters. The molecule has 0 radical (unpaired) electrons. The lowest BCUT2D eigenvalue weighted by atomic mass is 9.69. The molecule has 2 atom stereocenters. The number of carbonyl (C=O) groups is 1. The van der Waals surface area contributed by atoms with Crippen molar-refractivity contribution in [3.05, 3.63) is 62.1 Å². The SMILES string of the molecule is CCC(C)(C)C1CCc2c(sc3c2C(=O)NC(c2ccc(-c4cccc(Cl)c4Cl)o2)N3)C1. The number of nitrogens with one attached hydrogen (secondary N) is 2. The first-order valence-electron chi connectivity index (χ1n) is 11.0. The number of hydrogen-bond acceptors (Lipinski definition) is 4. The number of furan rings is 1. The lowest BCUT2D eigenvalue weighted by molar-refractivity contribution is 0.0930. The molecule has 1 amide bonds. The molecule has 0 saturated heterocycles. The number of fused-ring (bicyclic) bond motifs is 3. The van der Waals surface area contributed by atoms with E-state index in [1.54, 1.807) is 17.4 Å². The summed E-state index contributed by atoms with van der Waals surface area (Å²) >= 11 is 14.2. The molecule has 0 bridgehead atoms. The highest BCUT2D eigenvalue weighted by Crippen LogP contribution is 2.47. The van der Waals surface area contributed by atoms with Crippen LogP contribution in [0.25, 0.3) is 11.3 Å². The van der Waals surface area contributed by atoms with Crippen LogP contribution >= 0.6 is 34.5 Å². The van der Waals surface area contributed by atoms with Crippen molar-refractivity contribution in [2.75, 3.05) is 5.32 Å². The van der Waals surface area contributed by atoms with Crippen molar-refractivity contribution in [1.82, 2.24) is 5.32 Å². The van der Waals surface area contributed by atoms with Crippen LogP contribution in [0.15, 0.2) is 34.7 Å². The molecule has 1 aliphatic carbocycles. The fraction of sp³-hybridized carbons (Fsp3) is 0.400. The quantitative estimate of drug-likeness (QED) is 0.395. The van der Waals surface area contributed by atoms with Crippen LogP contribution in [0.5, 0.6) is 0 Å². The third-order valence-corrected chi connectivity index (χ3v) is 9.19. The number of thiophene rings is 1. The average Bonchev–Trinajstić information content (AvgIpc) is 3.40. The Balaban J connectivity index is 1.41. The predicted molar refractivity (Wildman–Crippen MR) is 132 cm³/mol. The van der Waals surface area contributed by atoms with E-state index in [0.717, 1.165) is 41.8 Å². The van der Waals surface area contributed by atoms with Gasteiger partial charge in [0.05, 0.1) is 15.6 Å². The second-order valence-electron chi connectivity index (χ2n) is 9.34. The zero-order chi connectivity index (χ0) is 22.6. The molecule has 2 aromatic heterocycles. The van der Waals surface area contributed by atoms with Crippen molar-refractivity contribution in [2.24, 2.45) is 11.3 Å². The Hall–Kier alpha value is -1.95. The molecule has 0 saturated carbocycles. The summed E-state index contributed by atoms with van der Waals surface area (Å²) in [6.45, 7) is 6.98. The molecule has 4 nitrogen and oxygen atoms in total. The van der Waals surface area contributed by atoms with Gasteiger partial charge in [-0.25, -0.2) is 0 Å². The van der Waals surface area contributed by atoms with Crippen molar-refractivity contribution < 1.29 is 9.21 Å². The minimum atomic E-state index is -0.426. The third kappa shape index (κ3) is 3.64. The van der Waals surface area contributed by atoms with Crippen molar-refractivity contribution in [2.45, 2.75) is 52.6 Å². The van der Waals surface area contributed by atoms with Crippen LogP contribution in [0.4, 0.5) is 5.00 Å². The molecular weight excluding hydrogens is 463 g/mol. The van der Waals surface area contributed by atoms with Gasteiger partial charge in [-0.15, -0.1) is 11.3 Å². The van der Waals surface area contributed by atoms with Gasteiger partial charge in [0.15, 0.2) is 6.17 Å². The highest BCUT2D eigenvalue weighted by Gasteiger charge is 2.38. The summed E-state index contributed by atoms with van der Waals surface area (Å²) in [5.41, 5.74) is 3.08. The van der Waals surface area contributed by atoms with Gasteiger partial charge in [-0.2, -0.15) is 0 Å². The number of hydrogen-bond donors (Lipinski definition) is 2. The molecular formula is C25H26Cl2N2O2S. The molecule has 7 heteroatoms. The van der Waals surface area contributed by atoms with Crippen LogP contribution in [0.2, 0.25) is 10.0 Å². The molecule has 0 spiro atoms. The maximum atomic E-state index is 13.1. The van der Waals surface area contributed by atoms with Gasteiger partial charge in [0.2, 0.25) is 0 Å². The Morgan fingerprint density at radius 1 is 1.19 bits per heavy atom. The summed E-state index contributed by atoms with van der Waals surface area (Å²) in [7, 11) is 0. The summed E-state index contributed by atoms with van der Waals surface area (Å²) in [4.78, 5) is 14.4. The van der Waals surface area contributed by atoms with Gasteiger partial charge >= 0.3 is 0 Å². The largest absolute Gasteiger partial charge is 0.457 e. The normalized spacial score (nSPS) is 20.3. The Morgan fingerprint density at radius 3 is 2.78 bits per heavy atom. The standard InChI is InChI=1S/C25H26Cl2N2O2S/c1-4-25(2,3)13-8-9-15-19(12-13)32-24-20(15)23(30)28-22(29-24)18-11-10-17(31-18)14-6-5-7-16(26)21(14)27/h5-7,10-11,13,22,29H,4,8-9,12H2,1-3H3,(H,28,30). The number of anilines is 1. The van der Waals surface area contributed by atoms with E-state index < -0.39 is 6.17 Å². The first kappa shape index (κ1) is 21.9. The smallest absolute Gasteiger partial charge is 0.256 e. The van der Waals surface area contributed by atoms with E-state index in [9.17, 15) is 4.79 Å². The Kier molecular flexibility index (Phi) is 5.55. The van der Waals surface area contributed by atoms with Crippen molar-refractivity contribution in [1.29, 1.82) is 0 Å². The molecule has 5 rings (SSSR count). The zero-order valence-electron chi connectivity index (χ0n) is 18.4. The molecule has 32 heavy (non-hydrogen) atoms. The van der Waals surface area contributed by atoms with E-state index in [2.05, 4.69) is 31.4 Å². The van der Waals surface area contributed by atoms with Crippen LogP contribution < -0.4 is 10.6 Å². The Bertz CT molecular complexity index is 1200. The molecule has 0 fully saturated rings. The fourth-order valence-electron chi connectivity index (χ4n) is 4.74. The molecule has 1 aliphatic heterocycles. The van der Waals surface area contributed by atoms with Gasteiger partial charge in [0.25, 0.3) is 5.91 Å².